The molecule has 0 spiro atoms. The zero-order valence-corrected chi connectivity index (χ0v) is 9.27. The Morgan fingerprint density at radius 3 is 2.80 bits per heavy atom. The molecule has 1 aromatic heterocycles. The lowest BCUT2D eigenvalue weighted by Crippen LogP contribution is -1.98. The van der Waals surface area contributed by atoms with E-state index in [1.165, 1.54) is 23.9 Å². The maximum atomic E-state index is 4.41. The van der Waals surface area contributed by atoms with Crippen LogP contribution in [0, 0.1) is 0 Å². The Bertz CT molecular complexity index is 446. The third-order valence-electron chi connectivity index (χ3n) is 2.76. The molecule has 1 aromatic carbocycles. The maximum absolute atomic E-state index is 4.41. The van der Waals surface area contributed by atoms with Gasteiger partial charge in [0.15, 0.2) is 0 Å². The van der Waals surface area contributed by atoms with Gasteiger partial charge in [-0.1, -0.05) is 38.5 Å². The van der Waals surface area contributed by atoms with E-state index in [1.54, 1.807) is 6.33 Å². The summed E-state index contributed by atoms with van der Waals surface area (Å²) in [6.07, 6.45) is 4.05. The molecule has 0 aliphatic rings. The number of para-hydroxylation sites is 1. The van der Waals surface area contributed by atoms with Crippen LogP contribution in [0.3, 0.4) is 0 Å². The highest BCUT2D eigenvalue weighted by molar-refractivity contribution is 5.80. The Morgan fingerprint density at radius 2 is 2.00 bits per heavy atom. The second-order valence-corrected chi connectivity index (χ2v) is 3.97. The zero-order valence-electron chi connectivity index (χ0n) is 9.27. The average Bonchev–Trinajstić information content (AvgIpc) is 2.28. The highest BCUT2D eigenvalue weighted by Crippen LogP contribution is 2.24. The van der Waals surface area contributed by atoms with Crippen LogP contribution in [0.5, 0.6) is 0 Å². The first-order chi connectivity index (χ1) is 7.33. The van der Waals surface area contributed by atoms with Gasteiger partial charge in [-0.3, -0.25) is 0 Å². The molecule has 0 N–H and O–H groups in total. The molecular weight excluding hydrogens is 184 g/mol. The van der Waals surface area contributed by atoms with E-state index in [0.29, 0.717) is 5.92 Å². The summed E-state index contributed by atoms with van der Waals surface area (Å²) in [6.45, 7) is 4.44. The van der Waals surface area contributed by atoms with Gasteiger partial charge in [-0.2, -0.15) is 0 Å². The van der Waals surface area contributed by atoms with Crippen molar-refractivity contribution in [1.29, 1.82) is 0 Å². The number of hydrogen-bond acceptors (Lipinski definition) is 2. The fourth-order valence-corrected chi connectivity index (χ4v) is 1.99. The van der Waals surface area contributed by atoms with Crippen LogP contribution in [0.25, 0.3) is 10.9 Å². The average molecular weight is 200 g/mol. The quantitative estimate of drug-likeness (QED) is 0.757. The molecule has 2 aromatic rings. The van der Waals surface area contributed by atoms with Gasteiger partial charge in [-0.25, -0.2) is 9.97 Å². The number of aromatic nitrogens is 2. The first-order valence-electron chi connectivity index (χ1n) is 5.52. The van der Waals surface area contributed by atoms with Crippen molar-refractivity contribution in [1.82, 2.24) is 9.97 Å². The van der Waals surface area contributed by atoms with Crippen LogP contribution in [-0.2, 0) is 0 Å². The highest BCUT2D eigenvalue weighted by Gasteiger charge is 2.09. The summed E-state index contributed by atoms with van der Waals surface area (Å²) in [7, 11) is 0. The zero-order chi connectivity index (χ0) is 10.7. The molecule has 2 nitrogen and oxygen atoms in total. The minimum Gasteiger partial charge on any atom is -0.240 e. The van der Waals surface area contributed by atoms with E-state index in [9.17, 15) is 0 Å². The fourth-order valence-electron chi connectivity index (χ4n) is 1.99. The molecule has 2 rings (SSSR count). The molecule has 2 heteroatoms. The molecule has 15 heavy (non-hydrogen) atoms. The van der Waals surface area contributed by atoms with Crippen molar-refractivity contribution in [2.45, 2.75) is 32.6 Å². The van der Waals surface area contributed by atoms with Crippen molar-refractivity contribution in [3.63, 3.8) is 0 Å². The molecule has 1 unspecified atom stereocenters. The van der Waals surface area contributed by atoms with Gasteiger partial charge >= 0.3 is 0 Å². The van der Waals surface area contributed by atoms with E-state index in [4.69, 9.17) is 0 Å². The van der Waals surface area contributed by atoms with Gasteiger partial charge in [-0.15, -0.1) is 0 Å². The van der Waals surface area contributed by atoms with Crippen LogP contribution in [-0.4, -0.2) is 9.97 Å². The molecule has 0 aliphatic heterocycles. The van der Waals surface area contributed by atoms with Gasteiger partial charge in [0.2, 0.25) is 0 Å². The minimum atomic E-state index is 0.517. The molecular formula is C13H16N2. The third-order valence-corrected chi connectivity index (χ3v) is 2.76. The largest absolute Gasteiger partial charge is 0.240 e. The molecule has 1 heterocycles. The Morgan fingerprint density at radius 1 is 1.20 bits per heavy atom. The van der Waals surface area contributed by atoms with Crippen molar-refractivity contribution in [2.24, 2.45) is 0 Å². The summed E-state index contributed by atoms with van der Waals surface area (Å²) in [4.78, 5) is 8.69. The highest BCUT2D eigenvalue weighted by atomic mass is 14.8. The minimum absolute atomic E-state index is 0.517. The molecule has 0 fully saturated rings. The summed E-state index contributed by atoms with van der Waals surface area (Å²) in [5, 5.41) is 1.20. The van der Waals surface area contributed by atoms with E-state index in [2.05, 4.69) is 29.9 Å². The summed E-state index contributed by atoms with van der Waals surface area (Å²) >= 11 is 0. The second kappa shape index (κ2) is 4.39. The third kappa shape index (κ3) is 1.99. The van der Waals surface area contributed by atoms with Crippen LogP contribution >= 0.6 is 0 Å². The lowest BCUT2D eigenvalue weighted by molar-refractivity contribution is 0.651. The standard InChI is InChI=1S/C13H16N2/c1-3-6-10(2)13-11-7-4-5-8-12(11)14-9-15-13/h4-5,7-10H,3,6H2,1-2H3. The van der Waals surface area contributed by atoms with E-state index < -0.39 is 0 Å². The Balaban J connectivity index is 2.50. The van der Waals surface area contributed by atoms with Gasteiger partial charge in [0, 0.05) is 5.39 Å². The molecule has 0 radical (unpaired) electrons. The predicted octanol–water partition coefficient (Wildman–Crippen LogP) is 3.53. The number of fused-ring (bicyclic) bond motifs is 1. The van der Waals surface area contributed by atoms with Crippen LogP contribution < -0.4 is 0 Å². The lowest BCUT2D eigenvalue weighted by Gasteiger charge is -2.11. The smallest absolute Gasteiger partial charge is 0.116 e. The molecule has 0 aliphatic carbocycles. The number of nitrogens with zero attached hydrogens (tertiary/aromatic N) is 2. The van der Waals surface area contributed by atoms with Crippen LogP contribution in [0.2, 0.25) is 0 Å². The monoisotopic (exact) mass is 200 g/mol. The van der Waals surface area contributed by atoms with Gasteiger partial charge in [0.05, 0.1) is 11.2 Å². The van der Waals surface area contributed by atoms with Gasteiger partial charge in [-0.05, 0) is 18.4 Å². The van der Waals surface area contributed by atoms with Gasteiger partial charge < -0.3 is 0 Å². The summed E-state index contributed by atoms with van der Waals surface area (Å²) in [6, 6.07) is 8.22. The molecule has 1 atom stereocenters. The normalized spacial score (nSPS) is 12.9. The lowest BCUT2D eigenvalue weighted by atomic mass is 9.98. The number of benzene rings is 1. The van der Waals surface area contributed by atoms with Crippen molar-refractivity contribution in [2.75, 3.05) is 0 Å². The first-order valence-corrected chi connectivity index (χ1v) is 5.52. The Labute approximate surface area is 90.4 Å². The summed E-state index contributed by atoms with van der Waals surface area (Å²) in [5.74, 6) is 0.517. The van der Waals surface area contributed by atoms with Crippen LogP contribution in [0.15, 0.2) is 30.6 Å². The van der Waals surface area contributed by atoms with Crippen molar-refractivity contribution < 1.29 is 0 Å². The molecule has 0 saturated heterocycles. The maximum Gasteiger partial charge on any atom is 0.116 e. The first kappa shape index (κ1) is 10.1. The fraction of sp³-hybridized carbons (Fsp3) is 0.385. The predicted molar refractivity (Wildman–Crippen MR) is 62.9 cm³/mol. The summed E-state index contributed by atoms with van der Waals surface area (Å²) < 4.78 is 0. The van der Waals surface area contributed by atoms with Crippen molar-refractivity contribution >= 4 is 10.9 Å². The van der Waals surface area contributed by atoms with Crippen molar-refractivity contribution in [3.8, 4) is 0 Å². The molecule has 0 saturated carbocycles. The second-order valence-electron chi connectivity index (χ2n) is 3.97. The van der Waals surface area contributed by atoms with Crippen LogP contribution in [0.4, 0.5) is 0 Å². The Hall–Kier alpha value is -1.44. The van der Waals surface area contributed by atoms with E-state index in [-0.39, 0.29) is 0 Å². The van der Waals surface area contributed by atoms with E-state index in [0.717, 1.165) is 5.52 Å². The van der Waals surface area contributed by atoms with E-state index >= 15 is 0 Å². The summed E-state index contributed by atoms with van der Waals surface area (Å²) in [5.41, 5.74) is 2.23. The Kier molecular flexibility index (Phi) is 2.95. The van der Waals surface area contributed by atoms with E-state index in [1.807, 2.05) is 18.2 Å². The molecule has 78 valence electrons. The molecule has 0 bridgehead atoms. The van der Waals surface area contributed by atoms with Gasteiger partial charge in [0.1, 0.15) is 6.33 Å². The van der Waals surface area contributed by atoms with Gasteiger partial charge in [0.25, 0.3) is 0 Å². The van der Waals surface area contributed by atoms with Crippen LogP contribution in [0.1, 0.15) is 38.3 Å². The number of hydrogen-bond donors (Lipinski definition) is 0. The molecule has 0 amide bonds. The topological polar surface area (TPSA) is 25.8 Å². The van der Waals surface area contributed by atoms with Crippen molar-refractivity contribution in [3.05, 3.63) is 36.3 Å². The number of rotatable bonds is 3. The SMILES string of the molecule is CCCC(C)c1ncnc2ccccc12.